The van der Waals surface area contributed by atoms with Crippen LogP contribution in [-0.2, 0) is 14.2 Å². The monoisotopic (exact) mass is 205 g/mol. The molecule has 0 bridgehead atoms. The molecule has 14 heavy (non-hydrogen) atoms. The molecule has 0 aromatic rings. The van der Waals surface area contributed by atoms with E-state index >= 15 is 0 Å². The molecule has 0 fully saturated rings. The van der Waals surface area contributed by atoms with Gasteiger partial charge in [-0.05, 0) is 13.5 Å². The van der Waals surface area contributed by atoms with E-state index in [1.807, 2.05) is 6.92 Å². The summed E-state index contributed by atoms with van der Waals surface area (Å²) in [5, 5.41) is 3.23. The molecule has 0 spiro atoms. The molecule has 0 aliphatic rings. The van der Waals surface area contributed by atoms with Crippen LogP contribution in [0.25, 0.3) is 0 Å². The topological polar surface area (TPSA) is 39.7 Å². The van der Waals surface area contributed by atoms with Gasteiger partial charge in [-0.1, -0.05) is 6.92 Å². The van der Waals surface area contributed by atoms with Crippen LogP contribution in [0.1, 0.15) is 13.8 Å². The minimum absolute atomic E-state index is 0.102. The average Bonchev–Trinajstić information content (AvgIpc) is 2.15. The number of methoxy groups -OCH3 is 2. The molecule has 0 saturated carbocycles. The predicted octanol–water partition coefficient (Wildman–Crippen LogP) is 0.662. The van der Waals surface area contributed by atoms with Gasteiger partial charge in [0.1, 0.15) is 0 Å². The number of rotatable bonds is 9. The summed E-state index contributed by atoms with van der Waals surface area (Å²) in [6.45, 7) is 7.06. The Kier molecular flexibility index (Phi) is 9.29. The highest BCUT2D eigenvalue weighted by Gasteiger charge is 2.12. The maximum atomic E-state index is 5.72. The summed E-state index contributed by atoms with van der Waals surface area (Å²) < 4.78 is 15.8. The van der Waals surface area contributed by atoms with E-state index in [-0.39, 0.29) is 12.2 Å². The molecule has 0 heterocycles. The van der Waals surface area contributed by atoms with Crippen molar-refractivity contribution in [2.24, 2.45) is 0 Å². The van der Waals surface area contributed by atoms with E-state index in [9.17, 15) is 0 Å². The van der Waals surface area contributed by atoms with E-state index in [1.54, 1.807) is 14.2 Å². The van der Waals surface area contributed by atoms with Gasteiger partial charge in [-0.25, -0.2) is 0 Å². The van der Waals surface area contributed by atoms with Crippen LogP contribution in [0.2, 0.25) is 0 Å². The van der Waals surface area contributed by atoms with Crippen molar-refractivity contribution in [3.05, 3.63) is 0 Å². The number of nitrogens with one attached hydrogen (secondary N) is 1. The summed E-state index contributed by atoms with van der Waals surface area (Å²) in [6, 6.07) is 0. The van der Waals surface area contributed by atoms with Gasteiger partial charge in [0.15, 0.2) is 0 Å². The van der Waals surface area contributed by atoms with Crippen LogP contribution < -0.4 is 5.32 Å². The van der Waals surface area contributed by atoms with Gasteiger partial charge in [-0.3, -0.25) is 0 Å². The molecule has 1 N–H and O–H groups in total. The lowest BCUT2D eigenvalue weighted by Crippen LogP contribution is -2.36. The minimum atomic E-state index is 0.102. The first kappa shape index (κ1) is 13.8. The lowest BCUT2D eigenvalue weighted by Gasteiger charge is -2.21. The molecular formula is C10H23NO3. The van der Waals surface area contributed by atoms with Gasteiger partial charge in [-0.2, -0.15) is 0 Å². The Labute approximate surface area is 86.9 Å². The quantitative estimate of drug-likeness (QED) is 0.600. The molecule has 4 heteroatoms. The summed E-state index contributed by atoms with van der Waals surface area (Å²) in [6.07, 6.45) is 0.212. The van der Waals surface area contributed by atoms with Gasteiger partial charge in [-0.15, -0.1) is 0 Å². The molecule has 4 nitrogen and oxygen atoms in total. The summed E-state index contributed by atoms with van der Waals surface area (Å²) in [4.78, 5) is 0. The summed E-state index contributed by atoms with van der Waals surface area (Å²) in [5.74, 6) is 0. The van der Waals surface area contributed by atoms with Crippen molar-refractivity contribution in [1.82, 2.24) is 5.32 Å². The predicted molar refractivity (Wildman–Crippen MR) is 56.6 cm³/mol. The molecular weight excluding hydrogens is 182 g/mol. The summed E-state index contributed by atoms with van der Waals surface area (Å²) in [5.41, 5.74) is 0. The maximum Gasteiger partial charge on any atom is 0.0937 e. The lowest BCUT2D eigenvalue weighted by atomic mass is 10.3. The molecule has 86 valence electrons. The van der Waals surface area contributed by atoms with Gasteiger partial charge in [0, 0.05) is 20.8 Å². The molecule has 0 rings (SSSR count). The highest BCUT2D eigenvalue weighted by molar-refractivity contribution is 4.62. The fourth-order valence-electron chi connectivity index (χ4n) is 1.24. The molecule has 2 atom stereocenters. The van der Waals surface area contributed by atoms with E-state index in [1.165, 1.54) is 0 Å². The number of likely N-dealkylation sites (N-methyl/N-ethyl adjacent to an activating group) is 1. The van der Waals surface area contributed by atoms with Gasteiger partial charge in [0.05, 0.1) is 25.4 Å². The molecule has 2 unspecified atom stereocenters. The number of hydrogen-bond donors (Lipinski definition) is 1. The van der Waals surface area contributed by atoms with Gasteiger partial charge in [0.2, 0.25) is 0 Å². The Morgan fingerprint density at radius 1 is 1.14 bits per heavy atom. The van der Waals surface area contributed by atoms with Crippen molar-refractivity contribution in [3.8, 4) is 0 Å². The van der Waals surface area contributed by atoms with Crippen molar-refractivity contribution < 1.29 is 14.2 Å². The average molecular weight is 205 g/mol. The van der Waals surface area contributed by atoms with Gasteiger partial charge < -0.3 is 19.5 Å². The van der Waals surface area contributed by atoms with E-state index in [2.05, 4.69) is 12.2 Å². The first-order valence-electron chi connectivity index (χ1n) is 5.08. The normalized spacial score (nSPS) is 15.4. The smallest absolute Gasteiger partial charge is 0.0937 e. The first-order chi connectivity index (χ1) is 6.74. The Hall–Kier alpha value is -0.160. The molecule has 0 aliphatic heterocycles. The zero-order valence-corrected chi connectivity index (χ0v) is 9.71. The molecule has 0 amide bonds. The van der Waals surface area contributed by atoms with E-state index in [0.717, 1.165) is 13.1 Å². The Bertz CT molecular complexity index is 122. The second-order valence-corrected chi connectivity index (χ2v) is 3.29. The Balaban J connectivity index is 3.69. The third-order valence-corrected chi connectivity index (χ3v) is 1.80. The lowest BCUT2D eigenvalue weighted by molar-refractivity contribution is -0.0639. The maximum absolute atomic E-state index is 5.72. The summed E-state index contributed by atoms with van der Waals surface area (Å²) in [7, 11) is 3.36. The SMILES string of the molecule is CCNCC(COC)OC(C)COC. The molecule has 0 aliphatic carbocycles. The Morgan fingerprint density at radius 2 is 1.79 bits per heavy atom. The van der Waals surface area contributed by atoms with Crippen LogP contribution in [0.5, 0.6) is 0 Å². The number of hydrogen-bond acceptors (Lipinski definition) is 4. The highest BCUT2D eigenvalue weighted by Crippen LogP contribution is 1.99. The molecule has 0 aromatic heterocycles. The van der Waals surface area contributed by atoms with Crippen molar-refractivity contribution in [1.29, 1.82) is 0 Å². The van der Waals surface area contributed by atoms with Crippen LogP contribution >= 0.6 is 0 Å². The first-order valence-corrected chi connectivity index (χ1v) is 5.08. The third-order valence-electron chi connectivity index (χ3n) is 1.80. The highest BCUT2D eigenvalue weighted by atomic mass is 16.6. The molecule has 0 aromatic carbocycles. The second-order valence-electron chi connectivity index (χ2n) is 3.29. The van der Waals surface area contributed by atoms with Crippen molar-refractivity contribution in [3.63, 3.8) is 0 Å². The van der Waals surface area contributed by atoms with Crippen LogP contribution in [0.15, 0.2) is 0 Å². The van der Waals surface area contributed by atoms with Crippen LogP contribution in [0, 0.1) is 0 Å². The number of ether oxygens (including phenoxy) is 3. The zero-order valence-electron chi connectivity index (χ0n) is 9.71. The molecule has 0 radical (unpaired) electrons. The fraction of sp³-hybridized carbons (Fsp3) is 1.00. The standard InChI is InChI=1S/C10H23NO3/c1-5-11-6-10(8-13-4)14-9(2)7-12-3/h9-11H,5-8H2,1-4H3. The largest absolute Gasteiger partial charge is 0.382 e. The van der Waals surface area contributed by atoms with E-state index < -0.39 is 0 Å². The van der Waals surface area contributed by atoms with Crippen LogP contribution in [0.4, 0.5) is 0 Å². The third kappa shape index (κ3) is 7.26. The van der Waals surface area contributed by atoms with E-state index in [0.29, 0.717) is 13.2 Å². The second kappa shape index (κ2) is 9.40. The van der Waals surface area contributed by atoms with Gasteiger partial charge >= 0.3 is 0 Å². The minimum Gasteiger partial charge on any atom is -0.382 e. The van der Waals surface area contributed by atoms with Crippen molar-refractivity contribution in [2.45, 2.75) is 26.1 Å². The molecule has 0 saturated heterocycles. The zero-order chi connectivity index (χ0) is 10.8. The van der Waals surface area contributed by atoms with Crippen molar-refractivity contribution in [2.75, 3.05) is 40.5 Å². The van der Waals surface area contributed by atoms with Crippen LogP contribution in [0.3, 0.4) is 0 Å². The fourth-order valence-corrected chi connectivity index (χ4v) is 1.24. The summed E-state index contributed by atoms with van der Waals surface area (Å²) >= 11 is 0. The van der Waals surface area contributed by atoms with Crippen molar-refractivity contribution >= 4 is 0 Å². The Morgan fingerprint density at radius 3 is 2.29 bits per heavy atom. The van der Waals surface area contributed by atoms with E-state index in [4.69, 9.17) is 14.2 Å². The van der Waals surface area contributed by atoms with Gasteiger partial charge in [0.25, 0.3) is 0 Å². The van der Waals surface area contributed by atoms with Crippen LogP contribution in [-0.4, -0.2) is 52.7 Å².